The Hall–Kier alpha value is -1.44. The van der Waals surface area contributed by atoms with E-state index in [-0.39, 0.29) is 5.12 Å². The number of rotatable bonds is 7. The fraction of sp³-hybridized carbons (Fsp3) is 0.824. The lowest BCUT2D eigenvalue weighted by molar-refractivity contribution is -0.109. The molecule has 0 aliphatic carbocycles. The van der Waals surface area contributed by atoms with Gasteiger partial charge in [0.05, 0.1) is 0 Å². The van der Waals surface area contributed by atoms with E-state index < -0.39 is 23.4 Å². The van der Waals surface area contributed by atoms with E-state index in [4.69, 9.17) is 9.47 Å². The van der Waals surface area contributed by atoms with Gasteiger partial charge in [-0.05, 0) is 48.0 Å². The average molecular weight is 377 g/mol. The van der Waals surface area contributed by atoms with E-state index >= 15 is 0 Å². The molecule has 0 unspecified atom stereocenters. The Kier molecular flexibility index (Phi) is 9.92. The quantitative estimate of drug-likeness (QED) is 0.685. The van der Waals surface area contributed by atoms with E-state index in [1.807, 2.05) is 0 Å². The summed E-state index contributed by atoms with van der Waals surface area (Å²) < 4.78 is 10.5. The summed E-state index contributed by atoms with van der Waals surface area (Å²) in [6.45, 7) is 13.5. The van der Waals surface area contributed by atoms with E-state index in [1.165, 1.54) is 18.7 Å². The third-order valence-corrected chi connectivity index (χ3v) is 3.38. The molecule has 8 heteroatoms. The lowest BCUT2D eigenvalue weighted by Gasteiger charge is -2.27. The van der Waals surface area contributed by atoms with Gasteiger partial charge in [0, 0.05) is 32.3 Å². The highest BCUT2D eigenvalue weighted by Crippen LogP contribution is 2.12. The number of carbonyl (C=O) groups is 3. The van der Waals surface area contributed by atoms with Crippen LogP contribution in [0.25, 0.3) is 0 Å². The summed E-state index contributed by atoms with van der Waals surface area (Å²) in [5, 5.41) is 2.67. The van der Waals surface area contributed by atoms with Gasteiger partial charge in [-0.1, -0.05) is 11.8 Å². The standard InChI is InChI=1S/C17H32N2O5S/c1-13(20)25-12-11-19(15(22)24-17(5,6)7)10-8-9-18-14(21)23-16(2,3)4/h8-12H2,1-7H3,(H,18,21). The van der Waals surface area contributed by atoms with Gasteiger partial charge in [-0.2, -0.15) is 0 Å². The van der Waals surface area contributed by atoms with Crippen LogP contribution in [0.2, 0.25) is 0 Å². The molecular weight excluding hydrogens is 344 g/mol. The van der Waals surface area contributed by atoms with Gasteiger partial charge < -0.3 is 19.7 Å². The zero-order valence-electron chi connectivity index (χ0n) is 16.4. The van der Waals surface area contributed by atoms with Gasteiger partial charge in [0.2, 0.25) is 0 Å². The van der Waals surface area contributed by atoms with Gasteiger partial charge in [-0.3, -0.25) is 4.79 Å². The molecular formula is C17H32N2O5S. The van der Waals surface area contributed by atoms with Gasteiger partial charge in [0.25, 0.3) is 0 Å². The first-order valence-corrected chi connectivity index (χ1v) is 9.37. The fourth-order valence-electron chi connectivity index (χ4n) is 1.69. The highest BCUT2D eigenvalue weighted by atomic mass is 32.2. The van der Waals surface area contributed by atoms with E-state index in [0.717, 1.165) is 0 Å². The molecule has 1 N–H and O–H groups in total. The molecule has 0 aromatic rings. The number of nitrogens with zero attached hydrogens (tertiary/aromatic N) is 1. The topological polar surface area (TPSA) is 84.9 Å². The van der Waals surface area contributed by atoms with Crippen molar-refractivity contribution in [2.24, 2.45) is 0 Å². The zero-order valence-corrected chi connectivity index (χ0v) is 17.2. The van der Waals surface area contributed by atoms with Crippen LogP contribution in [0.4, 0.5) is 9.59 Å². The lowest BCUT2D eigenvalue weighted by Crippen LogP contribution is -2.40. The van der Waals surface area contributed by atoms with Crippen LogP contribution >= 0.6 is 11.8 Å². The van der Waals surface area contributed by atoms with Crippen molar-refractivity contribution in [3.8, 4) is 0 Å². The minimum atomic E-state index is -0.585. The minimum absolute atomic E-state index is 0.00994. The lowest BCUT2D eigenvalue weighted by atomic mass is 10.2. The van der Waals surface area contributed by atoms with Crippen LogP contribution < -0.4 is 5.32 Å². The second kappa shape index (κ2) is 10.5. The van der Waals surface area contributed by atoms with Crippen molar-refractivity contribution >= 4 is 29.1 Å². The average Bonchev–Trinajstić information content (AvgIpc) is 2.36. The number of alkyl carbamates (subject to hydrolysis) is 1. The number of thioether (sulfide) groups is 1. The minimum Gasteiger partial charge on any atom is -0.444 e. The molecule has 0 atom stereocenters. The number of ether oxygens (including phenoxy) is 2. The Morgan fingerprint density at radius 2 is 1.52 bits per heavy atom. The molecule has 0 aromatic carbocycles. The molecule has 0 aliphatic rings. The normalized spacial score (nSPS) is 11.6. The first kappa shape index (κ1) is 23.6. The van der Waals surface area contributed by atoms with Crippen LogP contribution in [0.15, 0.2) is 0 Å². The fourth-order valence-corrected chi connectivity index (χ4v) is 2.29. The molecule has 146 valence electrons. The Morgan fingerprint density at radius 1 is 0.960 bits per heavy atom. The number of nitrogens with one attached hydrogen (secondary N) is 1. The predicted octanol–water partition coefficient (Wildman–Crippen LogP) is 3.42. The number of carbonyl (C=O) groups excluding carboxylic acids is 3. The summed E-state index contributed by atoms with van der Waals surface area (Å²) in [6.07, 6.45) is -0.346. The van der Waals surface area contributed by atoms with Crippen molar-refractivity contribution in [1.82, 2.24) is 10.2 Å². The Bertz CT molecular complexity index is 455. The highest BCUT2D eigenvalue weighted by Gasteiger charge is 2.22. The number of amides is 2. The van der Waals surface area contributed by atoms with Gasteiger partial charge in [-0.15, -0.1) is 0 Å². The van der Waals surface area contributed by atoms with Crippen LogP contribution in [-0.4, -0.2) is 58.8 Å². The SMILES string of the molecule is CC(=O)SCCN(CCCNC(=O)OC(C)(C)C)C(=O)OC(C)(C)C. The first-order valence-electron chi connectivity index (χ1n) is 8.38. The van der Waals surface area contributed by atoms with Crippen molar-refractivity contribution in [1.29, 1.82) is 0 Å². The number of hydrogen-bond donors (Lipinski definition) is 1. The van der Waals surface area contributed by atoms with Crippen LogP contribution in [0.3, 0.4) is 0 Å². The van der Waals surface area contributed by atoms with Gasteiger partial charge in [-0.25, -0.2) is 9.59 Å². The van der Waals surface area contributed by atoms with Crippen molar-refractivity contribution < 1.29 is 23.9 Å². The molecule has 0 aliphatic heterocycles. The zero-order chi connectivity index (χ0) is 19.7. The third-order valence-electron chi connectivity index (χ3n) is 2.59. The van der Waals surface area contributed by atoms with Crippen LogP contribution in [-0.2, 0) is 14.3 Å². The third kappa shape index (κ3) is 14.6. The van der Waals surface area contributed by atoms with Crippen molar-refractivity contribution in [2.45, 2.75) is 66.1 Å². The van der Waals surface area contributed by atoms with Gasteiger partial charge in [0.15, 0.2) is 5.12 Å². The Labute approximate surface area is 155 Å². The Morgan fingerprint density at radius 3 is 2.00 bits per heavy atom. The maximum atomic E-state index is 12.2. The molecule has 25 heavy (non-hydrogen) atoms. The monoisotopic (exact) mass is 376 g/mol. The van der Waals surface area contributed by atoms with E-state index in [0.29, 0.717) is 31.8 Å². The Balaban J connectivity index is 4.40. The smallest absolute Gasteiger partial charge is 0.410 e. The summed E-state index contributed by atoms with van der Waals surface area (Å²) in [4.78, 5) is 36.4. The van der Waals surface area contributed by atoms with Crippen LogP contribution in [0.1, 0.15) is 54.9 Å². The van der Waals surface area contributed by atoms with Gasteiger partial charge in [0.1, 0.15) is 11.2 Å². The van der Waals surface area contributed by atoms with E-state index in [9.17, 15) is 14.4 Å². The van der Waals surface area contributed by atoms with Crippen LogP contribution in [0, 0.1) is 0 Å². The maximum Gasteiger partial charge on any atom is 0.410 e. The van der Waals surface area contributed by atoms with Gasteiger partial charge >= 0.3 is 12.2 Å². The molecule has 7 nitrogen and oxygen atoms in total. The molecule has 0 saturated heterocycles. The highest BCUT2D eigenvalue weighted by molar-refractivity contribution is 8.13. The maximum absolute atomic E-state index is 12.2. The largest absolute Gasteiger partial charge is 0.444 e. The molecule has 2 amide bonds. The predicted molar refractivity (Wildman–Crippen MR) is 99.8 cm³/mol. The van der Waals surface area contributed by atoms with Crippen molar-refractivity contribution in [3.63, 3.8) is 0 Å². The molecule has 0 aromatic heterocycles. The van der Waals surface area contributed by atoms with Crippen molar-refractivity contribution in [3.05, 3.63) is 0 Å². The summed E-state index contributed by atoms with van der Waals surface area (Å²) >= 11 is 1.17. The molecule has 0 heterocycles. The molecule has 0 bridgehead atoms. The summed E-state index contributed by atoms with van der Waals surface area (Å²) in [7, 11) is 0. The first-order chi connectivity index (χ1) is 11.3. The number of hydrogen-bond acceptors (Lipinski definition) is 6. The summed E-state index contributed by atoms with van der Waals surface area (Å²) in [5.41, 5.74) is -1.13. The second-order valence-corrected chi connectivity index (χ2v) is 8.86. The molecule has 0 spiro atoms. The second-order valence-electron chi connectivity index (χ2n) is 7.59. The van der Waals surface area contributed by atoms with E-state index in [2.05, 4.69) is 5.32 Å². The molecule has 0 saturated carbocycles. The van der Waals surface area contributed by atoms with Crippen molar-refractivity contribution in [2.75, 3.05) is 25.4 Å². The molecule has 0 fully saturated rings. The summed E-state index contributed by atoms with van der Waals surface area (Å²) in [6, 6.07) is 0. The molecule has 0 radical (unpaired) electrons. The molecule has 0 rings (SSSR count). The summed E-state index contributed by atoms with van der Waals surface area (Å²) in [5.74, 6) is 0.508. The van der Waals surface area contributed by atoms with Crippen LogP contribution in [0.5, 0.6) is 0 Å². The van der Waals surface area contributed by atoms with E-state index in [1.54, 1.807) is 46.4 Å².